The monoisotopic (exact) mass is 329 g/mol. The van der Waals surface area contributed by atoms with Gasteiger partial charge in [0, 0.05) is 25.8 Å². The van der Waals surface area contributed by atoms with Gasteiger partial charge in [-0.2, -0.15) is 0 Å². The SMILES string of the molecule is Cc1ccccc1CNC(=O)CN1CCC(O)(Cn2ccnn2)C1. The number of carbonyl (C=O) groups is 1. The highest BCUT2D eigenvalue weighted by Gasteiger charge is 2.37. The number of aryl methyl sites for hydroxylation is 1. The van der Waals surface area contributed by atoms with Crippen molar-refractivity contribution in [1.82, 2.24) is 25.2 Å². The van der Waals surface area contributed by atoms with Crippen LogP contribution in [0.1, 0.15) is 17.5 Å². The second-order valence-electron chi connectivity index (χ2n) is 6.49. The fourth-order valence-electron chi connectivity index (χ4n) is 3.08. The number of benzene rings is 1. The third kappa shape index (κ3) is 4.18. The first-order chi connectivity index (χ1) is 11.5. The van der Waals surface area contributed by atoms with Crippen molar-refractivity contribution in [2.45, 2.75) is 32.0 Å². The number of hydrogen-bond donors (Lipinski definition) is 2. The van der Waals surface area contributed by atoms with Crippen LogP contribution >= 0.6 is 0 Å². The summed E-state index contributed by atoms with van der Waals surface area (Å²) in [6.45, 7) is 4.42. The Balaban J connectivity index is 1.46. The predicted molar refractivity (Wildman–Crippen MR) is 89.1 cm³/mol. The Labute approximate surface area is 141 Å². The van der Waals surface area contributed by atoms with E-state index >= 15 is 0 Å². The topological polar surface area (TPSA) is 83.3 Å². The Morgan fingerprint density at radius 1 is 1.42 bits per heavy atom. The maximum Gasteiger partial charge on any atom is 0.234 e. The Kier molecular flexibility index (Phi) is 4.92. The number of rotatable bonds is 6. The van der Waals surface area contributed by atoms with E-state index in [1.165, 1.54) is 5.56 Å². The number of carbonyl (C=O) groups excluding carboxylic acids is 1. The Hall–Kier alpha value is -2.25. The molecule has 1 aliphatic heterocycles. The van der Waals surface area contributed by atoms with E-state index in [4.69, 9.17) is 0 Å². The molecule has 1 aromatic heterocycles. The minimum absolute atomic E-state index is 0.0248. The highest BCUT2D eigenvalue weighted by molar-refractivity contribution is 5.78. The van der Waals surface area contributed by atoms with E-state index in [9.17, 15) is 9.90 Å². The van der Waals surface area contributed by atoms with Crippen LogP contribution in [0.3, 0.4) is 0 Å². The van der Waals surface area contributed by atoms with Crippen LogP contribution in [0, 0.1) is 6.92 Å². The molecule has 1 fully saturated rings. The third-order valence-corrected chi connectivity index (χ3v) is 4.44. The molecule has 3 rings (SSSR count). The number of aliphatic hydroxyl groups is 1. The molecule has 1 atom stereocenters. The number of β-amino-alcohol motifs (C(OH)–C–C–N with tert-alkyl or cyclic N) is 1. The summed E-state index contributed by atoms with van der Waals surface area (Å²) in [7, 11) is 0. The molecular formula is C17H23N5O2. The molecule has 2 heterocycles. The molecule has 7 nitrogen and oxygen atoms in total. The van der Waals surface area contributed by atoms with Crippen molar-refractivity contribution in [3.05, 3.63) is 47.8 Å². The molecule has 1 aliphatic rings. The average molecular weight is 329 g/mol. The summed E-state index contributed by atoms with van der Waals surface area (Å²) in [5.41, 5.74) is 1.43. The lowest BCUT2D eigenvalue weighted by Crippen LogP contribution is -2.41. The number of hydrogen-bond acceptors (Lipinski definition) is 5. The van der Waals surface area contributed by atoms with Crippen LogP contribution in [0.5, 0.6) is 0 Å². The van der Waals surface area contributed by atoms with Gasteiger partial charge in [0.05, 0.1) is 24.9 Å². The lowest BCUT2D eigenvalue weighted by Gasteiger charge is -2.23. The summed E-state index contributed by atoms with van der Waals surface area (Å²) >= 11 is 0. The molecule has 7 heteroatoms. The van der Waals surface area contributed by atoms with Gasteiger partial charge < -0.3 is 10.4 Å². The fourth-order valence-corrected chi connectivity index (χ4v) is 3.08. The largest absolute Gasteiger partial charge is 0.387 e. The highest BCUT2D eigenvalue weighted by atomic mass is 16.3. The maximum absolute atomic E-state index is 12.1. The Morgan fingerprint density at radius 2 is 2.25 bits per heavy atom. The van der Waals surface area contributed by atoms with E-state index in [2.05, 4.69) is 15.6 Å². The van der Waals surface area contributed by atoms with Crippen LogP contribution in [-0.2, 0) is 17.9 Å². The first-order valence-corrected chi connectivity index (χ1v) is 8.14. The van der Waals surface area contributed by atoms with Gasteiger partial charge in [0.15, 0.2) is 0 Å². The Morgan fingerprint density at radius 3 is 3.00 bits per heavy atom. The minimum atomic E-state index is -0.857. The molecule has 1 amide bonds. The van der Waals surface area contributed by atoms with E-state index in [-0.39, 0.29) is 5.91 Å². The summed E-state index contributed by atoms with van der Waals surface area (Å²) < 4.78 is 1.63. The van der Waals surface area contributed by atoms with E-state index in [0.29, 0.717) is 39.1 Å². The quantitative estimate of drug-likeness (QED) is 0.798. The molecule has 128 valence electrons. The summed E-state index contributed by atoms with van der Waals surface area (Å²) in [5, 5.41) is 21.2. The highest BCUT2D eigenvalue weighted by Crippen LogP contribution is 2.22. The zero-order chi connectivity index (χ0) is 17.0. The molecule has 1 aromatic carbocycles. The smallest absolute Gasteiger partial charge is 0.234 e. The van der Waals surface area contributed by atoms with Gasteiger partial charge in [-0.05, 0) is 24.5 Å². The van der Waals surface area contributed by atoms with Crippen molar-refractivity contribution in [3.63, 3.8) is 0 Å². The van der Waals surface area contributed by atoms with Gasteiger partial charge in [-0.25, -0.2) is 4.68 Å². The molecule has 0 spiro atoms. The molecular weight excluding hydrogens is 306 g/mol. The molecule has 2 aromatic rings. The zero-order valence-electron chi connectivity index (χ0n) is 13.9. The lowest BCUT2D eigenvalue weighted by molar-refractivity contribution is -0.122. The second-order valence-corrected chi connectivity index (χ2v) is 6.49. The lowest BCUT2D eigenvalue weighted by atomic mass is 10.0. The van der Waals surface area contributed by atoms with Crippen molar-refractivity contribution in [2.75, 3.05) is 19.6 Å². The number of amides is 1. The molecule has 0 aliphatic carbocycles. The number of nitrogens with zero attached hydrogens (tertiary/aromatic N) is 4. The first kappa shape index (κ1) is 16.6. The molecule has 24 heavy (non-hydrogen) atoms. The normalized spacial score (nSPS) is 21.1. The van der Waals surface area contributed by atoms with Crippen molar-refractivity contribution < 1.29 is 9.90 Å². The first-order valence-electron chi connectivity index (χ1n) is 8.14. The molecule has 0 radical (unpaired) electrons. The minimum Gasteiger partial charge on any atom is -0.387 e. The second kappa shape index (κ2) is 7.11. The molecule has 1 saturated heterocycles. The summed E-state index contributed by atoms with van der Waals surface area (Å²) in [6.07, 6.45) is 3.95. The van der Waals surface area contributed by atoms with Gasteiger partial charge in [-0.15, -0.1) is 5.10 Å². The van der Waals surface area contributed by atoms with Crippen LogP contribution < -0.4 is 5.32 Å². The van der Waals surface area contributed by atoms with Crippen molar-refractivity contribution in [2.24, 2.45) is 0 Å². The molecule has 0 saturated carbocycles. The van der Waals surface area contributed by atoms with Crippen molar-refractivity contribution in [1.29, 1.82) is 0 Å². The number of nitrogens with one attached hydrogen (secondary N) is 1. The zero-order valence-corrected chi connectivity index (χ0v) is 13.9. The van der Waals surface area contributed by atoms with E-state index < -0.39 is 5.60 Å². The van der Waals surface area contributed by atoms with E-state index in [0.717, 1.165) is 5.56 Å². The number of aromatic nitrogens is 3. The molecule has 1 unspecified atom stereocenters. The summed E-state index contributed by atoms with van der Waals surface area (Å²) in [4.78, 5) is 14.1. The standard InChI is InChI=1S/C17H23N5O2/c1-14-4-2-3-5-15(14)10-18-16(23)11-21-8-6-17(24,12-21)13-22-9-7-19-20-22/h2-5,7,9,24H,6,8,10-13H2,1H3,(H,18,23). The van der Waals surface area contributed by atoms with Crippen molar-refractivity contribution in [3.8, 4) is 0 Å². The van der Waals surface area contributed by atoms with Gasteiger partial charge in [0.25, 0.3) is 0 Å². The van der Waals surface area contributed by atoms with Gasteiger partial charge >= 0.3 is 0 Å². The van der Waals surface area contributed by atoms with Crippen LogP contribution in [0.4, 0.5) is 0 Å². The molecule has 2 N–H and O–H groups in total. The molecule has 0 bridgehead atoms. The average Bonchev–Trinajstić information content (AvgIpc) is 3.17. The maximum atomic E-state index is 12.1. The summed E-state index contributed by atoms with van der Waals surface area (Å²) in [5.74, 6) is -0.0248. The number of likely N-dealkylation sites (tertiary alicyclic amines) is 1. The van der Waals surface area contributed by atoms with Gasteiger partial charge in [0.1, 0.15) is 0 Å². The van der Waals surface area contributed by atoms with Crippen molar-refractivity contribution >= 4 is 5.91 Å². The van der Waals surface area contributed by atoms with Gasteiger partial charge in [-0.3, -0.25) is 9.69 Å². The van der Waals surface area contributed by atoms with Crippen LogP contribution in [-0.4, -0.2) is 56.1 Å². The van der Waals surface area contributed by atoms with Crippen LogP contribution in [0.25, 0.3) is 0 Å². The van der Waals surface area contributed by atoms with Gasteiger partial charge in [-0.1, -0.05) is 29.5 Å². The predicted octanol–water partition coefficient (Wildman–Crippen LogP) is 0.340. The third-order valence-electron chi connectivity index (χ3n) is 4.44. The van der Waals surface area contributed by atoms with Crippen LogP contribution in [0.15, 0.2) is 36.7 Å². The summed E-state index contributed by atoms with van der Waals surface area (Å²) in [6, 6.07) is 8.01. The van der Waals surface area contributed by atoms with Crippen LogP contribution in [0.2, 0.25) is 0 Å². The van der Waals surface area contributed by atoms with E-state index in [1.54, 1.807) is 17.1 Å². The van der Waals surface area contributed by atoms with Gasteiger partial charge in [0.2, 0.25) is 5.91 Å². The Bertz CT molecular complexity index is 688. The van der Waals surface area contributed by atoms with E-state index in [1.807, 2.05) is 36.1 Å². The fraction of sp³-hybridized carbons (Fsp3) is 0.471.